The number of nitrogens with one attached hydrogen (secondary N) is 2. The van der Waals surface area contributed by atoms with Gasteiger partial charge >= 0.3 is 5.97 Å². The SMILES string of the molecule is CCOC(=O)c1[nH]c(C)c(CCC(=O)N2CCC(C(=O)N[C@H](C)Cc3ccco3)CC2)c1C. The highest BCUT2D eigenvalue weighted by molar-refractivity contribution is 5.90. The van der Waals surface area contributed by atoms with E-state index in [9.17, 15) is 14.4 Å². The number of likely N-dealkylation sites (tertiary alicyclic amines) is 1. The van der Waals surface area contributed by atoms with Gasteiger partial charge in [-0.25, -0.2) is 4.79 Å². The van der Waals surface area contributed by atoms with E-state index in [0.29, 0.717) is 57.5 Å². The average Bonchev–Trinajstić information content (AvgIpc) is 3.39. The van der Waals surface area contributed by atoms with E-state index >= 15 is 0 Å². The van der Waals surface area contributed by atoms with Crippen LogP contribution in [-0.2, 0) is 27.2 Å². The van der Waals surface area contributed by atoms with Gasteiger partial charge in [-0.1, -0.05) is 0 Å². The standard InChI is InChI=1S/C25H35N3O5/c1-5-32-25(31)23-17(3)21(18(4)27-23)8-9-22(29)28-12-10-19(11-13-28)24(30)26-16(2)15-20-7-6-14-33-20/h6-7,14,16,19,27H,5,8-13,15H2,1-4H3,(H,26,30)/t16-/m1/s1. The minimum atomic E-state index is -0.366. The van der Waals surface area contributed by atoms with E-state index in [2.05, 4.69) is 10.3 Å². The second-order valence-electron chi connectivity index (χ2n) is 8.80. The summed E-state index contributed by atoms with van der Waals surface area (Å²) in [4.78, 5) is 42.4. The van der Waals surface area contributed by atoms with Crippen LogP contribution in [0, 0.1) is 19.8 Å². The maximum absolute atomic E-state index is 12.8. The number of nitrogens with zero attached hydrogens (tertiary/aromatic N) is 1. The van der Waals surface area contributed by atoms with Gasteiger partial charge in [0.2, 0.25) is 11.8 Å². The van der Waals surface area contributed by atoms with Crippen molar-refractivity contribution in [3.63, 3.8) is 0 Å². The van der Waals surface area contributed by atoms with Crippen LogP contribution in [0.1, 0.15) is 66.2 Å². The van der Waals surface area contributed by atoms with Crippen LogP contribution in [0.15, 0.2) is 22.8 Å². The number of ether oxygens (including phenoxy) is 1. The Morgan fingerprint density at radius 2 is 2.00 bits per heavy atom. The summed E-state index contributed by atoms with van der Waals surface area (Å²) in [5, 5.41) is 3.07. The molecule has 3 heterocycles. The van der Waals surface area contributed by atoms with Gasteiger partial charge in [-0.05, 0) is 70.2 Å². The molecule has 2 N–H and O–H groups in total. The molecule has 1 aliphatic rings. The second-order valence-corrected chi connectivity index (χ2v) is 8.80. The molecule has 0 bridgehead atoms. The minimum Gasteiger partial charge on any atom is -0.469 e. The smallest absolute Gasteiger partial charge is 0.355 e. The number of H-pyrrole nitrogens is 1. The molecule has 2 amide bonds. The number of aromatic nitrogens is 1. The molecular formula is C25H35N3O5. The Hall–Kier alpha value is -3.03. The van der Waals surface area contributed by atoms with Crippen LogP contribution in [0.4, 0.5) is 0 Å². The van der Waals surface area contributed by atoms with Crippen molar-refractivity contribution in [2.75, 3.05) is 19.7 Å². The van der Waals surface area contributed by atoms with E-state index in [0.717, 1.165) is 22.6 Å². The molecule has 1 saturated heterocycles. The number of hydrogen-bond acceptors (Lipinski definition) is 5. The van der Waals surface area contributed by atoms with Crippen LogP contribution in [-0.4, -0.2) is 53.4 Å². The van der Waals surface area contributed by atoms with Crippen LogP contribution in [0.5, 0.6) is 0 Å². The number of furan rings is 1. The van der Waals surface area contributed by atoms with E-state index in [1.165, 1.54) is 0 Å². The number of amides is 2. The van der Waals surface area contributed by atoms with Gasteiger partial charge in [0.1, 0.15) is 11.5 Å². The van der Waals surface area contributed by atoms with E-state index in [1.807, 2.05) is 37.8 Å². The van der Waals surface area contributed by atoms with Gasteiger partial charge in [-0.2, -0.15) is 0 Å². The molecule has 0 aliphatic carbocycles. The molecule has 1 atom stereocenters. The van der Waals surface area contributed by atoms with Gasteiger partial charge in [-0.15, -0.1) is 0 Å². The Labute approximate surface area is 195 Å². The summed E-state index contributed by atoms with van der Waals surface area (Å²) in [6.07, 6.45) is 4.57. The summed E-state index contributed by atoms with van der Waals surface area (Å²) in [6.45, 7) is 9.03. The van der Waals surface area contributed by atoms with Gasteiger partial charge in [-0.3, -0.25) is 9.59 Å². The zero-order chi connectivity index (χ0) is 24.0. The van der Waals surface area contributed by atoms with E-state index in [4.69, 9.17) is 9.15 Å². The molecule has 8 heteroatoms. The first-order valence-corrected chi connectivity index (χ1v) is 11.8. The molecule has 180 valence electrons. The molecule has 0 aromatic carbocycles. The third-order valence-corrected chi connectivity index (χ3v) is 6.36. The number of aryl methyl sites for hydroxylation is 1. The normalized spacial score (nSPS) is 15.3. The lowest BCUT2D eigenvalue weighted by Gasteiger charge is -2.32. The molecule has 1 fully saturated rings. The van der Waals surface area contributed by atoms with Crippen molar-refractivity contribution in [2.24, 2.45) is 5.92 Å². The number of carbonyl (C=O) groups is 3. The van der Waals surface area contributed by atoms with Crippen molar-refractivity contribution in [1.82, 2.24) is 15.2 Å². The molecule has 2 aromatic rings. The molecular weight excluding hydrogens is 422 g/mol. The highest BCUT2D eigenvalue weighted by atomic mass is 16.5. The van der Waals surface area contributed by atoms with Crippen molar-refractivity contribution < 1.29 is 23.5 Å². The maximum atomic E-state index is 12.8. The zero-order valence-corrected chi connectivity index (χ0v) is 20.0. The molecule has 0 radical (unpaired) electrons. The first-order chi connectivity index (χ1) is 15.8. The Morgan fingerprint density at radius 3 is 2.64 bits per heavy atom. The summed E-state index contributed by atoms with van der Waals surface area (Å²) in [6, 6.07) is 3.74. The molecule has 3 rings (SSSR count). The van der Waals surface area contributed by atoms with Crippen LogP contribution in [0.2, 0.25) is 0 Å². The fourth-order valence-corrected chi connectivity index (χ4v) is 4.49. The van der Waals surface area contributed by atoms with E-state index in [-0.39, 0.29) is 29.7 Å². The molecule has 0 saturated carbocycles. The van der Waals surface area contributed by atoms with Crippen molar-refractivity contribution >= 4 is 17.8 Å². The average molecular weight is 458 g/mol. The monoisotopic (exact) mass is 457 g/mol. The topological polar surface area (TPSA) is 105 Å². The van der Waals surface area contributed by atoms with Crippen molar-refractivity contribution in [2.45, 2.75) is 65.8 Å². The largest absolute Gasteiger partial charge is 0.469 e. The fourth-order valence-electron chi connectivity index (χ4n) is 4.49. The quantitative estimate of drug-likeness (QED) is 0.562. The number of esters is 1. The predicted molar refractivity (Wildman–Crippen MR) is 124 cm³/mol. The lowest BCUT2D eigenvalue weighted by atomic mass is 9.95. The van der Waals surface area contributed by atoms with E-state index in [1.54, 1.807) is 13.2 Å². The molecule has 8 nitrogen and oxygen atoms in total. The number of aromatic amines is 1. The highest BCUT2D eigenvalue weighted by Crippen LogP contribution is 2.22. The van der Waals surface area contributed by atoms with Crippen molar-refractivity contribution in [3.05, 3.63) is 46.7 Å². The summed E-state index contributed by atoms with van der Waals surface area (Å²) >= 11 is 0. The highest BCUT2D eigenvalue weighted by Gasteiger charge is 2.28. The number of hydrogen-bond donors (Lipinski definition) is 2. The third kappa shape index (κ3) is 6.27. The fraction of sp³-hybridized carbons (Fsp3) is 0.560. The van der Waals surface area contributed by atoms with Crippen LogP contribution in [0.25, 0.3) is 0 Å². The molecule has 2 aromatic heterocycles. The molecule has 0 spiro atoms. The third-order valence-electron chi connectivity index (χ3n) is 6.36. The molecule has 33 heavy (non-hydrogen) atoms. The Balaban J connectivity index is 1.45. The lowest BCUT2D eigenvalue weighted by Crippen LogP contribution is -2.45. The predicted octanol–water partition coefficient (Wildman–Crippen LogP) is 3.32. The minimum absolute atomic E-state index is 0.00404. The maximum Gasteiger partial charge on any atom is 0.355 e. The first-order valence-electron chi connectivity index (χ1n) is 11.8. The Bertz CT molecular complexity index is 955. The van der Waals surface area contributed by atoms with Gasteiger partial charge in [0, 0.05) is 43.6 Å². The molecule has 0 unspecified atom stereocenters. The summed E-state index contributed by atoms with van der Waals surface area (Å²) in [5.74, 6) is 0.540. The van der Waals surface area contributed by atoms with Crippen molar-refractivity contribution in [3.8, 4) is 0 Å². The summed E-state index contributed by atoms with van der Waals surface area (Å²) in [7, 11) is 0. The number of carbonyl (C=O) groups excluding carboxylic acids is 3. The summed E-state index contributed by atoms with van der Waals surface area (Å²) < 4.78 is 10.4. The van der Waals surface area contributed by atoms with Crippen LogP contribution in [0.3, 0.4) is 0 Å². The number of rotatable bonds is 9. The second kappa shape index (κ2) is 11.2. The summed E-state index contributed by atoms with van der Waals surface area (Å²) in [5.41, 5.74) is 3.19. The van der Waals surface area contributed by atoms with Gasteiger partial charge in [0.25, 0.3) is 0 Å². The van der Waals surface area contributed by atoms with Gasteiger partial charge in [0.05, 0.1) is 12.9 Å². The van der Waals surface area contributed by atoms with Crippen LogP contribution >= 0.6 is 0 Å². The number of piperidine rings is 1. The van der Waals surface area contributed by atoms with Gasteiger partial charge in [0.15, 0.2) is 0 Å². The lowest BCUT2D eigenvalue weighted by molar-refractivity contribution is -0.135. The Morgan fingerprint density at radius 1 is 1.27 bits per heavy atom. The first kappa shape index (κ1) is 24.6. The van der Waals surface area contributed by atoms with E-state index < -0.39 is 0 Å². The zero-order valence-electron chi connectivity index (χ0n) is 20.0. The van der Waals surface area contributed by atoms with Crippen LogP contribution < -0.4 is 5.32 Å². The van der Waals surface area contributed by atoms with Gasteiger partial charge < -0.3 is 24.4 Å². The van der Waals surface area contributed by atoms with Crippen molar-refractivity contribution in [1.29, 1.82) is 0 Å². The Kier molecular flexibility index (Phi) is 8.36. The molecule has 1 aliphatic heterocycles.